The number of rotatable bonds is 8. The van der Waals surface area contributed by atoms with Gasteiger partial charge < -0.3 is 19.7 Å². The van der Waals surface area contributed by atoms with Crippen molar-refractivity contribution in [3.8, 4) is 22.8 Å². The van der Waals surface area contributed by atoms with Crippen molar-refractivity contribution in [2.45, 2.75) is 12.3 Å². The minimum absolute atomic E-state index is 0.0424. The monoisotopic (exact) mass is 504 g/mol. The number of benzene rings is 4. The third-order valence-corrected chi connectivity index (χ3v) is 7.06. The maximum atomic E-state index is 9.18. The molecule has 0 aliphatic heterocycles. The molecule has 4 aromatic carbocycles. The first kappa shape index (κ1) is 24.1. The van der Waals surface area contributed by atoms with E-state index in [9.17, 15) is 10.2 Å². The first-order valence-corrected chi connectivity index (χ1v) is 12.7. The summed E-state index contributed by atoms with van der Waals surface area (Å²) in [5, 5.41) is 18.4. The molecule has 0 atom stereocenters. The van der Waals surface area contributed by atoms with Crippen LogP contribution in [0.1, 0.15) is 27.9 Å². The number of hydrogen-bond acceptors (Lipinski definition) is 6. The van der Waals surface area contributed by atoms with Crippen LogP contribution < -0.4 is 9.47 Å². The van der Waals surface area contributed by atoms with Gasteiger partial charge in [0.25, 0.3) is 0 Å². The van der Waals surface area contributed by atoms with E-state index < -0.39 is 5.41 Å². The van der Waals surface area contributed by atoms with E-state index in [1.807, 2.05) is 36.4 Å². The molecule has 0 bridgehead atoms. The van der Waals surface area contributed by atoms with Crippen LogP contribution in [0.4, 0.5) is 0 Å². The second-order valence-electron chi connectivity index (χ2n) is 9.40. The number of nitrogens with zero attached hydrogens (tertiary/aromatic N) is 2. The summed E-state index contributed by atoms with van der Waals surface area (Å²) >= 11 is 0. The number of fused-ring (bicyclic) bond motifs is 4. The fraction of sp³-hybridized carbons (Fsp3) is 0.188. The van der Waals surface area contributed by atoms with E-state index in [1.54, 1.807) is 0 Å². The van der Waals surface area contributed by atoms with Gasteiger partial charge in [-0.15, -0.1) is 0 Å². The highest BCUT2D eigenvalue weighted by molar-refractivity contribution is 5.87. The molecule has 0 amide bonds. The number of aliphatic hydroxyl groups is 2. The van der Waals surface area contributed by atoms with Crippen LogP contribution >= 0.6 is 0 Å². The van der Waals surface area contributed by atoms with E-state index in [1.165, 1.54) is 0 Å². The Morgan fingerprint density at radius 1 is 0.684 bits per heavy atom. The molecule has 0 fully saturated rings. The van der Waals surface area contributed by atoms with Gasteiger partial charge in [-0.1, -0.05) is 54.6 Å². The summed E-state index contributed by atoms with van der Waals surface area (Å²) in [6.45, 7) is 2.46. The normalized spacial score (nSPS) is 13.2. The Kier molecular flexibility index (Phi) is 6.27. The quantitative estimate of drug-likeness (QED) is 0.302. The average molecular weight is 505 g/mol. The van der Waals surface area contributed by atoms with Crippen LogP contribution in [0.2, 0.25) is 0 Å². The second-order valence-corrected chi connectivity index (χ2v) is 9.40. The predicted octanol–water partition coefficient (Wildman–Crippen LogP) is 5.04. The first-order valence-electron chi connectivity index (χ1n) is 12.7. The molecule has 0 unspecified atom stereocenters. The highest BCUT2D eigenvalue weighted by atomic mass is 16.5. The summed E-state index contributed by atoms with van der Waals surface area (Å²) in [4.78, 5) is 10.4. The van der Waals surface area contributed by atoms with Crippen LogP contribution in [-0.4, -0.2) is 46.6 Å². The Hall–Kier alpha value is -4.26. The summed E-state index contributed by atoms with van der Waals surface area (Å²) in [7, 11) is 0. The molecule has 0 spiro atoms. The Morgan fingerprint density at radius 2 is 1.29 bits per heavy atom. The van der Waals surface area contributed by atoms with E-state index in [0.717, 1.165) is 50.2 Å². The summed E-state index contributed by atoms with van der Waals surface area (Å²) in [6, 6.07) is 30.5. The summed E-state index contributed by atoms with van der Waals surface area (Å²) in [5.41, 5.74) is 8.11. The molecule has 6 rings (SSSR count). The van der Waals surface area contributed by atoms with E-state index >= 15 is 0 Å². The molecule has 6 nitrogen and oxygen atoms in total. The maximum absolute atomic E-state index is 9.18. The zero-order valence-corrected chi connectivity index (χ0v) is 21.1. The van der Waals surface area contributed by atoms with Crippen molar-refractivity contribution in [2.24, 2.45) is 0 Å². The number of aliphatic hydroxyl groups excluding tert-OH is 2. The van der Waals surface area contributed by atoms with Gasteiger partial charge in [0.1, 0.15) is 24.7 Å². The van der Waals surface area contributed by atoms with Gasteiger partial charge in [0.15, 0.2) is 0 Å². The number of aryl methyl sites for hydroxylation is 1. The minimum Gasteiger partial charge on any atom is -0.491 e. The lowest BCUT2D eigenvalue weighted by molar-refractivity contribution is 0.201. The molecule has 1 aliphatic rings. The van der Waals surface area contributed by atoms with Crippen molar-refractivity contribution >= 4 is 11.0 Å². The third kappa shape index (κ3) is 3.90. The second kappa shape index (κ2) is 9.89. The van der Waals surface area contributed by atoms with Crippen LogP contribution in [0, 0.1) is 6.92 Å². The molecular weight excluding hydrogens is 476 g/mol. The van der Waals surface area contributed by atoms with Crippen LogP contribution in [-0.2, 0) is 5.41 Å². The Morgan fingerprint density at radius 3 is 1.89 bits per heavy atom. The Bertz CT molecular complexity index is 1550. The van der Waals surface area contributed by atoms with Crippen molar-refractivity contribution in [3.05, 3.63) is 119 Å². The van der Waals surface area contributed by atoms with Crippen LogP contribution in [0.15, 0.2) is 91.0 Å². The number of ether oxygens (including phenoxy) is 2. The molecule has 38 heavy (non-hydrogen) atoms. The van der Waals surface area contributed by atoms with E-state index in [2.05, 4.69) is 61.5 Å². The third-order valence-electron chi connectivity index (χ3n) is 7.06. The molecule has 0 radical (unpaired) electrons. The van der Waals surface area contributed by atoms with Crippen molar-refractivity contribution < 1.29 is 19.7 Å². The highest BCUT2D eigenvalue weighted by Gasteiger charge is 2.48. The standard InChI is InChI=1S/C32H28N2O4/c1-21-6-15-28-29(20-21)33-30-26-4-2-3-5-27(26)32(31(30)34-28,22-7-11-24(12-8-22)37-18-16-35)23-9-13-25(14-10-23)38-19-17-36/h2-15,20,35-36H,16-19H2,1H3. The largest absolute Gasteiger partial charge is 0.491 e. The minimum atomic E-state index is -0.719. The van der Waals surface area contributed by atoms with Crippen molar-refractivity contribution in [3.63, 3.8) is 0 Å². The van der Waals surface area contributed by atoms with E-state index in [0.29, 0.717) is 11.5 Å². The van der Waals surface area contributed by atoms with Crippen LogP contribution in [0.3, 0.4) is 0 Å². The topological polar surface area (TPSA) is 84.7 Å². The number of aromatic nitrogens is 2. The maximum Gasteiger partial charge on any atom is 0.119 e. The molecule has 0 saturated heterocycles. The smallest absolute Gasteiger partial charge is 0.119 e. The van der Waals surface area contributed by atoms with Crippen molar-refractivity contribution in [1.82, 2.24) is 9.97 Å². The fourth-order valence-corrected chi connectivity index (χ4v) is 5.44. The summed E-state index contributed by atoms with van der Waals surface area (Å²) < 4.78 is 11.3. The van der Waals surface area contributed by atoms with E-state index in [-0.39, 0.29) is 26.4 Å². The first-order chi connectivity index (χ1) is 18.6. The lowest BCUT2D eigenvalue weighted by Crippen LogP contribution is -2.29. The van der Waals surface area contributed by atoms with Crippen molar-refractivity contribution in [2.75, 3.05) is 26.4 Å². The predicted molar refractivity (Wildman–Crippen MR) is 147 cm³/mol. The van der Waals surface area contributed by atoms with Crippen LogP contribution in [0.5, 0.6) is 11.5 Å². The molecule has 0 saturated carbocycles. The zero-order chi connectivity index (χ0) is 26.1. The van der Waals surface area contributed by atoms with Crippen LogP contribution in [0.25, 0.3) is 22.3 Å². The lowest BCUT2D eigenvalue weighted by Gasteiger charge is -2.32. The average Bonchev–Trinajstić information content (AvgIpc) is 3.24. The van der Waals surface area contributed by atoms with Crippen molar-refractivity contribution in [1.29, 1.82) is 0 Å². The fourth-order valence-electron chi connectivity index (χ4n) is 5.44. The molecular formula is C32H28N2O4. The lowest BCUT2D eigenvalue weighted by atomic mass is 9.69. The molecule has 5 aromatic rings. The number of hydrogen-bond donors (Lipinski definition) is 2. The van der Waals surface area contributed by atoms with Gasteiger partial charge in [-0.25, -0.2) is 9.97 Å². The van der Waals surface area contributed by atoms with Gasteiger partial charge in [-0.3, -0.25) is 0 Å². The Balaban J connectivity index is 1.63. The molecule has 1 heterocycles. The molecule has 1 aromatic heterocycles. The molecule has 6 heteroatoms. The highest BCUT2D eigenvalue weighted by Crippen LogP contribution is 2.55. The summed E-state index contributed by atoms with van der Waals surface area (Å²) in [6.07, 6.45) is 0. The summed E-state index contributed by atoms with van der Waals surface area (Å²) in [5.74, 6) is 1.38. The molecule has 2 N–H and O–H groups in total. The molecule has 1 aliphatic carbocycles. The van der Waals surface area contributed by atoms with Gasteiger partial charge >= 0.3 is 0 Å². The van der Waals surface area contributed by atoms with Gasteiger partial charge in [-0.2, -0.15) is 0 Å². The Labute approximate surface area is 221 Å². The SMILES string of the molecule is Cc1ccc2nc3c(nc2c1)-c1ccccc1C3(c1ccc(OCCO)cc1)c1ccc(OCCO)cc1. The zero-order valence-electron chi connectivity index (χ0n) is 21.1. The van der Waals surface area contributed by atoms with Gasteiger partial charge in [0.2, 0.25) is 0 Å². The van der Waals surface area contributed by atoms with Gasteiger partial charge in [0.05, 0.1) is 41.1 Å². The van der Waals surface area contributed by atoms with Gasteiger partial charge in [0, 0.05) is 5.56 Å². The van der Waals surface area contributed by atoms with Gasteiger partial charge in [-0.05, 0) is 65.6 Å². The van der Waals surface area contributed by atoms with E-state index in [4.69, 9.17) is 19.4 Å². The molecule has 190 valence electrons.